The van der Waals surface area contributed by atoms with Gasteiger partial charge in [-0.05, 0) is 49.6 Å². The van der Waals surface area contributed by atoms with E-state index in [0.717, 1.165) is 31.2 Å². The molecule has 0 heterocycles. The predicted molar refractivity (Wildman–Crippen MR) is 120 cm³/mol. The molecule has 1 atom stereocenters. The van der Waals surface area contributed by atoms with Crippen LogP contribution >= 0.6 is 0 Å². The number of hydrogen-bond acceptors (Lipinski definition) is 4. The lowest BCUT2D eigenvalue weighted by Gasteiger charge is -2.30. The molecule has 1 fully saturated rings. The number of carbonyl (C=O) groups excluding carboxylic acids is 1. The molecule has 1 amide bonds. The quantitative estimate of drug-likeness (QED) is 0.666. The molecular weight excluding hydrogens is 398 g/mol. The first-order chi connectivity index (χ1) is 14.4. The Labute approximate surface area is 179 Å². The number of nitrogens with zero attached hydrogens (tertiary/aromatic N) is 1. The van der Waals surface area contributed by atoms with Crippen LogP contribution in [0.3, 0.4) is 0 Å². The van der Waals surface area contributed by atoms with Gasteiger partial charge in [-0.3, -0.25) is 4.79 Å². The van der Waals surface area contributed by atoms with E-state index >= 15 is 0 Å². The molecule has 2 aromatic rings. The average Bonchev–Trinajstić information content (AvgIpc) is 2.78. The first-order valence-electron chi connectivity index (χ1n) is 10.5. The van der Waals surface area contributed by atoms with Crippen LogP contribution in [0.2, 0.25) is 0 Å². The van der Waals surface area contributed by atoms with Gasteiger partial charge in [-0.1, -0.05) is 49.6 Å². The first-order valence-corrected chi connectivity index (χ1v) is 12.0. The summed E-state index contributed by atoms with van der Waals surface area (Å²) in [5.41, 5.74) is 1.69. The predicted octanol–water partition coefficient (Wildman–Crippen LogP) is 3.93. The summed E-state index contributed by atoms with van der Waals surface area (Å²) < 4.78 is 27.3. The molecule has 2 N–H and O–H groups in total. The van der Waals surface area contributed by atoms with Crippen LogP contribution in [-0.4, -0.2) is 38.3 Å². The molecule has 0 unspecified atom stereocenters. The van der Waals surface area contributed by atoms with Crippen molar-refractivity contribution in [2.45, 2.75) is 56.0 Å². The van der Waals surface area contributed by atoms with E-state index in [0.29, 0.717) is 5.69 Å². The number of nitrogens with one attached hydrogen (secondary N) is 2. The van der Waals surface area contributed by atoms with Gasteiger partial charge >= 0.3 is 0 Å². The van der Waals surface area contributed by atoms with Crippen molar-refractivity contribution in [2.75, 3.05) is 18.9 Å². The molecule has 6 nitrogen and oxygen atoms in total. The maximum absolute atomic E-state index is 12.9. The minimum absolute atomic E-state index is 0.0554. The van der Waals surface area contributed by atoms with Gasteiger partial charge in [0.15, 0.2) is 0 Å². The second-order valence-corrected chi connectivity index (χ2v) is 9.90. The van der Waals surface area contributed by atoms with Crippen molar-refractivity contribution in [3.05, 3.63) is 60.2 Å². The number of sulfonamides is 1. The monoisotopic (exact) mass is 429 g/mol. The number of benzene rings is 2. The number of amides is 1. The number of hydrogen-bond donors (Lipinski definition) is 2. The normalized spacial score (nSPS) is 16.4. The lowest BCUT2D eigenvalue weighted by atomic mass is 9.96. The minimum atomic E-state index is -3.53. The Bertz CT molecular complexity index is 924. The Kier molecular flexibility index (Phi) is 7.64. The van der Waals surface area contributed by atoms with Crippen LogP contribution in [0.15, 0.2) is 59.5 Å². The maximum atomic E-state index is 12.9. The highest BCUT2D eigenvalue weighted by molar-refractivity contribution is 7.89. The lowest BCUT2D eigenvalue weighted by Crippen LogP contribution is -2.38. The highest BCUT2D eigenvalue weighted by Crippen LogP contribution is 2.27. The highest BCUT2D eigenvalue weighted by Gasteiger charge is 2.28. The van der Waals surface area contributed by atoms with Crippen molar-refractivity contribution in [1.29, 1.82) is 0 Å². The summed E-state index contributed by atoms with van der Waals surface area (Å²) in [4.78, 5) is 12.5. The van der Waals surface area contributed by atoms with E-state index in [2.05, 4.69) is 10.6 Å². The van der Waals surface area contributed by atoms with Gasteiger partial charge in [0, 0.05) is 24.8 Å². The van der Waals surface area contributed by atoms with Crippen molar-refractivity contribution >= 4 is 21.6 Å². The molecule has 1 aliphatic rings. The third-order valence-corrected chi connectivity index (χ3v) is 7.70. The standard InChI is InChI=1S/C23H31N3O3S/c1-18(19-9-5-3-6-10-19)24-17-23(27)25-20-13-15-22(16-14-20)30(28,29)26(2)21-11-7-4-8-12-21/h3,5-6,9-10,13-16,18,21,24H,4,7-8,11-12,17H2,1-2H3,(H,25,27)/t18-/m0/s1. The van der Waals surface area contributed by atoms with Gasteiger partial charge < -0.3 is 10.6 Å². The van der Waals surface area contributed by atoms with E-state index in [9.17, 15) is 13.2 Å². The molecule has 7 heteroatoms. The van der Waals surface area contributed by atoms with E-state index in [1.54, 1.807) is 31.3 Å². The molecule has 0 spiro atoms. The van der Waals surface area contributed by atoms with Gasteiger partial charge in [-0.25, -0.2) is 8.42 Å². The molecule has 0 aliphatic heterocycles. The van der Waals surface area contributed by atoms with Crippen molar-refractivity contribution in [3.8, 4) is 0 Å². The van der Waals surface area contributed by atoms with Crippen molar-refractivity contribution in [1.82, 2.24) is 9.62 Å². The molecule has 162 valence electrons. The van der Waals surface area contributed by atoms with Crippen LogP contribution in [0.5, 0.6) is 0 Å². The topological polar surface area (TPSA) is 78.5 Å². The van der Waals surface area contributed by atoms with Crippen molar-refractivity contribution < 1.29 is 13.2 Å². The van der Waals surface area contributed by atoms with Crippen LogP contribution in [0, 0.1) is 0 Å². The molecule has 0 saturated heterocycles. The van der Waals surface area contributed by atoms with Crippen molar-refractivity contribution in [3.63, 3.8) is 0 Å². The number of anilines is 1. The Balaban J connectivity index is 1.55. The maximum Gasteiger partial charge on any atom is 0.243 e. The van der Waals surface area contributed by atoms with Crippen LogP contribution in [-0.2, 0) is 14.8 Å². The van der Waals surface area contributed by atoms with Crippen LogP contribution in [0.4, 0.5) is 5.69 Å². The summed E-state index contributed by atoms with van der Waals surface area (Å²) in [5.74, 6) is -0.173. The van der Waals surface area contributed by atoms with E-state index in [1.807, 2.05) is 37.3 Å². The summed E-state index contributed by atoms with van der Waals surface area (Å²) in [5, 5.41) is 6.00. The summed E-state index contributed by atoms with van der Waals surface area (Å²) in [7, 11) is -1.86. The fourth-order valence-electron chi connectivity index (χ4n) is 3.83. The Hall–Kier alpha value is -2.22. The Morgan fingerprint density at radius 2 is 1.67 bits per heavy atom. The molecular formula is C23H31N3O3S. The lowest BCUT2D eigenvalue weighted by molar-refractivity contribution is -0.115. The first kappa shape index (κ1) is 22.5. The van der Waals surface area contributed by atoms with Gasteiger partial charge in [0.2, 0.25) is 15.9 Å². The van der Waals surface area contributed by atoms with Crippen LogP contribution in [0.25, 0.3) is 0 Å². The summed E-state index contributed by atoms with van der Waals surface area (Å²) in [6, 6.07) is 16.4. The number of carbonyl (C=O) groups is 1. The van der Waals surface area contributed by atoms with Gasteiger partial charge in [0.25, 0.3) is 0 Å². The SMILES string of the molecule is C[C@H](NCC(=O)Nc1ccc(S(=O)(=O)N(C)C2CCCCC2)cc1)c1ccccc1. The molecule has 2 aromatic carbocycles. The zero-order valence-corrected chi connectivity index (χ0v) is 18.5. The highest BCUT2D eigenvalue weighted by atomic mass is 32.2. The molecule has 3 rings (SSSR count). The fraction of sp³-hybridized carbons (Fsp3) is 0.435. The summed E-state index contributed by atoms with van der Waals surface area (Å²) in [6.07, 6.45) is 5.16. The van der Waals surface area contributed by atoms with Crippen LogP contribution in [0.1, 0.15) is 50.6 Å². The third kappa shape index (κ3) is 5.68. The molecule has 1 aliphatic carbocycles. The van der Waals surface area contributed by atoms with Gasteiger partial charge in [-0.2, -0.15) is 4.31 Å². The van der Waals surface area contributed by atoms with Gasteiger partial charge in [0.05, 0.1) is 11.4 Å². The largest absolute Gasteiger partial charge is 0.325 e. The minimum Gasteiger partial charge on any atom is -0.325 e. The van der Waals surface area contributed by atoms with E-state index in [1.165, 1.54) is 10.7 Å². The fourth-order valence-corrected chi connectivity index (χ4v) is 5.24. The molecule has 0 bridgehead atoms. The molecule has 30 heavy (non-hydrogen) atoms. The molecule has 1 saturated carbocycles. The van der Waals surface area contributed by atoms with Gasteiger partial charge in [-0.15, -0.1) is 0 Å². The van der Waals surface area contributed by atoms with Gasteiger partial charge in [0.1, 0.15) is 0 Å². The van der Waals surface area contributed by atoms with Crippen molar-refractivity contribution in [2.24, 2.45) is 0 Å². The Morgan fingerprint density at radius 1 is 1.03 bits per heavy atom. The smallest absolute Gasteiger partial charge is 0.243 e. The summed E-state index contributed by atoms with van der Waals surface area (Å²) in [6.45, 7) is 2.17. The van der Waals surface area contributed by atoms with E-state index in [4.69, 9.17) is 0 Å². The second kappa shape index (κ2) is 10.2. The zero-order valence-electron chi connectivity index (χ0n) is 17.7. The zero-order chi connectivity index (χ0) is 21.6. The second-order valence-electron chi connectivity index (χ2n) is 7.90. The molecule has 0 radical (unpaired) electrons. The van der Waals surface area contributed by atoms with E-state index in [-0.39, 0.29) is 29.4 Å². The average molecular weight is 430 g/mol. The summed E-state index contributed by atoms with van der Waals surface area (Å²) >= 11 is 0. The molecule has 0 aromatic heterocycles. The van der Waals surface area contributed by atoms with E-state index < -0.39 is 10.0 Å². The third-order valence-electron chi connectivity index (χ3n) is 5.77. The van der Waals surface area contributed by atoms with Crippen LogP contribution < -0.4 is 10.6 Å². The number of rotatable bonds is 8. The Morgan fingerprint density at radius 3 is 2.30 bits per heavy atom.